The first-order valence-corrected chi connectivity index (χ1v) is 4.79. The van der Waals surface area contributed by atoms with Gasteiger partial charge in [0.1, 0.15) is 5.82 Å². The number of carbonyl (C=O) groups is 1. The van der Waals surface area contributed by atoms with Gasteiger partial charge in [-0.2, -0.15) is 0 Å². The molecule has 0 aliphatic rings. The number of rotatable bonds is 3. The summed E-state index contributed by atoms with van der Waals surface area (Å²) in [4.78, 5) is 11.4. The molecule has 1 rings (SSSR count). The van der Waals surface area contributed by atoms with E-state index in [9.17, 15) is 9.18 Å². The molecule has 5 heteroatoms. The van der Waals surface area contributed by atoms with Gasteiger partial charge in [-0.15, -0.1) is 0 Å². The number of amides is 1. The Morgan fingerprint density at radius 2 is 2.33 bits per heavy atom. The molecule has 1 amide bonds. The summed E-state index contributed by atoms with van der Waals surface area (Å²) in [5.41, 5.74) is -0.0836. The molecule has 0 aliphatic heterocycles. The van der Waals surface area contributed by atoms with Crippen molar-refractivity contribution in [3.8, 4) is 0 Å². The van der Waals surface area contributed by atoms with Crippen molar-refractivity contribution < 1.29 is 14.3 Å². The summed E-state index contributed by atoms with van der Waals surface area (Å²) < 4.78 is 13.2. The van der Waals surface area contributed by atoms with Crippen molar-refractivity contribution >= 4 is 17.5 Å². The van der Waals surface area contributed by atoms with Crippen LogP contribution in [0, 0.1) is 5.82 Å². The first kappa shape index (κ1) is 11.9. The fourth-order valence-corrected chi connectivity index (χ4v) is 1.18. The number of aliphatic hydroxyl groups is 1. The maximum Gasteiger partial charge on any atom is 0.254 e. The van der Waals surface area contributed by atoms with Gasteiger partial charge in [0, 0.05) is 11.1 Å². The average Bonchev–Trinajstić information content (AvgIpc) is 2.17. The van der Waals surface area contributed by atoms with Crippen molar-refractivity contribution in [2.45, 2.75) is 13.0 Å². The molecular formula is C10H11ClFNO2. The molecule has 0 radical (unpaired) electrons. The summed E-state index contributed by atoms with van der Waals surface area (Å²) in [7, 11) is 0. The predicted molar refractivity (Wildman–Crippen MR) is 55.4 cm³/mol. The predicted octanol–water partition coefficient (Wildman–Crippen LogP) is 1.59. The molecule has 0 aliphatic carbocycles. The van der Waals surface area contributed by atoms with Crippen LogP contribution in [0.1, 0.15) is 17.3 Å². The first-order valence-electron chi connectivity index (χ1n) is 4.41. The molecule has 2 N–H and O–H groups in total. The van der Waals surface area contributed by atoms with E-state index in [1.165, 1.54) is 12.1 Å². The highest BCUT2D eigenvalue weighted by molar-refractivity contribution is 6.30. The van der Waals surface area contributed by atoms with Crippen molar-refractivity contribution in [3.63, 3.8) is 0 Å². The van der Waals surface area contributed by atoms with Gasteiger partial charge < -0.3 is 10.4 Å². The Hall–Kier alpha value is -1.13. The summed E-state index contributed by atoms with van der Waals surface area (Å²) in [5, 5.41) is 11.4. The lowest BCUT2D eigenvalue weighted by molar-refractivity contribution is 0.0918. The molecule has 0 heterocycles. The fraction of sp³-hybridized carbons (Fsp3) is 0.300. The molecule has 82 valence electrons. The van der Waals surface area contributed by atoms with Crippen LogP contribution in [-0.2, 0) is 0 Å². The lowest BCUT2D eigenvalue weighted by Crippen LogP contribution is -2.35. The summed E-state index contributed by atoms with van der Waals surface area (Å²) in [6, 6.07) is 3.40. The molecule has 0 aromatic heterocycles. The minimum atomic E-state index is -0.676. The van der Waals surface area contributed by atoms with Gasteiger partial charge in [-0.05, 0) is 25.1 Å². The first-order chi connectivity index (χ1) is 7.04. The smallest absolute Gasteiger partial charge is 0.254 e. The van der Waals surface area contributed by atoms with Gasteiger partial charge >= 0.3 is 0 Å². The van der Waals surface area contributed by atoms with Gasteiger partial charge in [-0.3, -0.25) is 4.79 Å². The average molecular weight is 232 g/mol. The number of hydrogen-bond acceptors (Lipinski definition) is 2. The van der Waals surface area contributed by atoms with E-state index >= 15 is 0 Å². The Balaban J connectivity index is 2.82. The van der Waals surface area contributed by atoms with Crippen molar-refractivity contribution in [1.29, 1.82) is 0 Å². The van der Waals surface area contributed by atoms with E-state index in [1.807, 2.05) is 0 Å². The monoisotopic (exact) mass is 231 g/mol. The molecule has 1 aromatic carbocycles. The van der Waals surface area contributed by atoms with Crippen LogP contribution in [0.2, 0.25) is 5.02 Å². The SMILES string of the molecule is CC(CO)NC(=O)c1ccc(Cl)cc1F. The third kappa shape index (κ3) is 3.18. The second kappa shape index (κ2) is 5.09. The number of halogens is 2. The lowest BCUT2D eigenvalue weighted by Gasteiger charge is -2.11. The van der Waals surface area contributed by atoms with Crippen molar-refractivity contribution in [3.05, 3.63) is 34.6 Å². The van der Waals surface area contributed by atoms with Gasteiger partial charge in [-0.25, -0.2) is 4.39 Å². The minimum Gasteiger partial charge on any atom is -0.394 e. The largest absolute Gasteiger partial charge is 0.394 e. The Morgan fingerprint density at radius 1 is 1.67 bits per heavy atom. The van der Waals surface area contributed by atoms with Crippen LogP contribution in [0.4, 0.5) is 4.39 Å². The quantitative estimate of drug-likeness (QED) is 0.830. The Bertz CT molecular complexity index is 370. The Labute approximate surface area is 91.9 Å². The molecule has 1 atom stereocenters. The van der Waals surface area contributed by atoms with E-state index in [-0.39, 0.29) is 17.2 Å². The third-order valence-corrected chi connectivity index (χ3v) is 2.06. The zero-order valence-electron chi connectivity index (χ0n) is 8.13. The maximum atomic E-state index is 13.2. The van der Waals surface area contributed by atoms with Crippen LogP contribution in [-0.4, -0.2) is 23.7 Å². The fourth-order valence-electron chi connectivity index (χ4n) is 1.02. The Morgan fingerprint density at radius 3 is 2.87 bits per heavy atom. The van der Waals surface area contributed by atoms with E-state index in [4.69, 9.17) is 16.7 Å². The van der Waals surface area contributed by atoms with Crippen LogP contribution >= 0.6 is 11.6 Å². The van der Waals surface area contributed by atoms with Gasteiger partial charge in [0.05, 0.1) is 12.2 Å². The molecule has 3 nitrogen and oxygen atoms in total. The van der Waals surface area contributed by atoms with Crippen LogP contribution in [0.25, 0.3) is 0 Å². The van der Waals surface area contributed by atoms with Gasteiger partial charge in [-0.1, -0.05) is 11.6 Å². The Kier molecular flexibility index (Phi) is 4.05. The summed E-state index contributed by atoms with van der Waals surface area (Å²) in [5.74, 6) is -1.24. The van der Waals surface area contributed by atoms with Crippen molar-refractivity contribution in [2.24, 2.45) is 0 Å². The number of carbonyl (C=O) groups excluding carboxylic acids is 1. The minimum absolute atomic E-state index is 0.0836. The van der Waals surface area contributed by atoms with E-state index in [1.54, 1.807) is 6.92 Å². The van der Waals surface area contributed by atoms with Gasteiger partial charge in [0.25, 0.3) is 5.91 Å². The second-order valence-electron chi connectivity index (χ2n) is 3.18. The number of aliphatic hydroxyl groups excluding tert-OH is 1. The molecule has 0 fully saturated rings. The molecule has 1 aromatic rings. The van der Waals surface area contributed by atoms with Crippen LogP contribution in [0.15, 0.2) is 18.2 Å². The second-order valence-corrected chi connectivity index (χ2v) is 3.62. The molecular weight excluding hydrogens is 221 g/mol. The summed E-state index contributed by atoms with van der Waals surface area (Å²) >= 11 is 5.54. The number of nitrogens with one attached hydrogen (secondary N) is 1. The molecule has 0 saturated heterocycles. The zero-order valence-corrected chi connectivity index (χ0v) is 8.88. The number of hydrogen-bond donors (Lipinski definition) is 2. The van der Waals surface area contributed by atoms with Gasteiger partial charge in [0.15, 0.2) is 0 Å². The van der Waals surface area contributed by atoms with Crippen LogP contribution in [0.5, 0.6) is 0 Å². The molecule has 0 saturated carbocycles. The highest BCUT2D eigenvalue weighted by atomic mass is 35.5. The summed E-state index contributed by atoms with van der Waals surface area (Å²) in [6.07, 6.45) is 0. The normalized spacial score (nSPS) is 12.3. The topological polar surface area (TPSA) is 49.3 Å². The van der Waals surface area contributed by atoms with Gasteiger partial charge in [0.2, 0.25) is 0 Å². The van der Waals surface area contributed by atoms with E-state index in [0.717, 1.165) is 6.07 Å². The third-order valence-electron chi connectivity index (χ3n) is 1.83. The standard InChI is InChI=1S/C10H11ClFNO2/c1-6(5-14)13-10(15)8-3-2-7(11)4-9(8)12/h2-4,6,14H,5H2,1H3,(H,13,15). The van der Waals surface area contributed by atoms with Crippen molar-refractivity contribution in [2.75, 3.05) is 6.61 Å². The van der Waals surface area contributed by atoms with Crippen LogP contribution in [0.3, 0.4) is 0 Å². The van der Waals surface area contributed by atoms with E-state index in [2.05, 4.69) is 5.32 Å². The van der Waals surface area contributed by atoms with E-state index in [0.29, 0.717) is 0 Å². The zero-order chi connectivity index (χ0) is 11.4. The molecule has 15 heavy (non-hydrogen) atoms. The number of benzene rings is 1. The highest BCUT2D eigenvalue weighted by Gasteiger charge is 2.13. The van der Waals surface area contributed by atoms with E-state index < -0.39 is 17.8 Å². The molecule has 0 spiro atoms. The molecule has 0 bridgehead atoms. The maximum absolute atomic E-state index is 13.2. The lowest BCUT2D eigenvalue weighted by atomic mass is 10.2. The highest BCUT2D eigenvalue weighted by Crippen LogP contribution is 2.14. The van der Waals surface area contributed by atoms with Crippen LogP contribution < -0.4 is 5.32 Å². The molecule has 1 unspecified atom stereocenters. The van der Waals surface area contributed by atoms with Crippen molar-refractivity contribution in [1.82, 2.24) is 5.32 Å². The summed E-state index contributed by atoms with van der Waals surface area (Å²) in [6.45, 7) is 1.42.